The van der Waals surface area contributed by atoms with Crippen LogP contribution in [0.25, 0.3) is 22.5 Å². The summed E-state index contributed by atoms with van der Waals surface area (Å²) >= 11 is 43.3. The molecule has 0 saturated carbocycles. The molecule has 2 aromatic heterocycles. The third-order valence-corrected chi connectivity index (χ3v) is 7.07. The highest BCUT2D eigenvalue weighted by atomic mass is 79.9. The highest BCUT2D eigenvalue weighted by Crippen LogP contribution is 2.41. The Morgan fingerprint density at radius 1 is 0.611 bits per heavy atom. The van der Waals surface area contributed by atoms with Crippen molar-refractivity contribution in [2.75, 3.05) is 0 Å². The molecule has 0 saturated heterocycles. The number of hydrogen-bond acceptors (Lipinski definition) is 4. The van der Waals surface area contributed by atoms with E-state index in [-0.39, 0.29) is 11.4 Å². The standard InChI is InChI=1S/C22H10Br2Cl6N4O2/c23-13-5-1-11(2-6-13)15-9-17(21(25,26)27)33(31-15)19(35)20(36)34-18(22(28,29)30)10-16(32-34)12-3-7-14(24)8-4-12/h1-10H. The van der Waals surface area contributed by atoms with Gasteiger partial charge in [-0.05, 0) is 36.4 Å². The van der Waals surface area contributed by atoms with E-state index in [9.17, 15) is 9.59 Å². The summed E-state index contributed by atoms with van der Waals surface area (Å²) in [5.41, 5.74) is 1.52. The number of aromatic nitrogens is 4. The third kappa shape index (κ3) is 5.97. The molecule has 6 nitrogen and oxygen atoms in total. The largest absolute Gasteiger partial charge is 0.338 e. The van der Waals surface area contributed by atoms with Crippen LogP contribution in [0.15, 0.2) is 69.6 Å². The second-order valence-corrected chi connectivity index (χ2v) is 13.7. The lowest BCUT2D eigenvalue weighted by Gasteiger charge is -2.14. The highest BCUT2D eigenvalue weighted by molar-refractivity contribution is 9.10. The molecule has 186 valence electrons. The molecule has 0 amide bonds. The van der Waals surface area contributed by atoms with Crippen molar-refractivity contribution in [2.45, 2.75) is 7.59 Å². The van der Waals surface area contributed by atoms with Crippen molar-refractivity contribution in [1.82, 2.24) is 19.6 Å². The number of hydrogen-bond donors (Lipinski definition) is 0. The molecule has 36 heavy (non-hydrogen) atoms. The summed E-state index contributed by atoms with van der Waals surface area (Å²) in [6, 6.07) is 16.9. The van der Waals surface area contributed by atoms with E-state index in [0.29, 0.717) is 31.9 Å². The Hall–Kier alpha value is -1.10. The van der Waals surface area contributed by atoms with Gasteiger partial charge in [-0.15, -0.1) is 0 Å². The lowest BCUT2D eigenvalue weighted by atomic mass is 10.1. The van der Waals surface area contributed by atoms with E-state index in [4.69, 9.17) is 69.6 Å². The van der Waals surface area contributed by atoms with Crippen LogP contribution in [0, 0.1) is 0 Å². The first-order valence-corrected chi connectivity index (χ1v) is 13.6. The van der Waals surface area contributed by atoms with Crippen LogP contribution in [0.2, 0.25) is 0 Å². The molecule has 0 aliphatic rings. The van der Waals surface area contributed by atoms with Crippen molar-refractivity contribution < 1.29 is 9.59 Å². The smallest absolute Gasteiger partial charge is 0.261 e. The van der Waals surface area contributed by atoms with Crippen molar-refractivity contribution in [1.29, 1.82) is 0 Å². The number of carbonyl (C=O) groups excluding carboxylic acids is 2. The fourth-order valence-corrected chi connectivity index (χ4v) is 4.52. The lowest BCUT2D eigenvalue weighted by molar-refractivity contribution is 0.0692. The van der Waals surface area contributed by atoms with E-state index in [0.717, 1.165) is 8.95 Å². The van der Waals surface area contributed by atoms with E-state index in [1.54, 1.807) is 48.5 Å². The van der Waals surface area contributed by atoms with Crippen molar-refractivity contribution in [3.63, 3.8) is 0 Å². The molecule has 2 heterocycles. The minimum atomic E-state index is -2.08. The van der Waals surface area contributed by atoms with Gasteiger partial charge in [-0.2, -0.15) is 19.6 Å². The third-order valence-electron chi connectivity index (χ3n) is 4.85. The molecular formula is C22H10Br2Cl6N4O2. The average molecular weight is 735 g/mol. The Kier molecular flexibility index (Phi) is 8.20. The van der Waals surface area contributed by atoms with Crippen LogP contribution in [0.5, 0.6) is 0 Å². The maximum absolute atomic E-state index is 13.4. The number of alkyl halides is 6. The van der Waals surface area contributed by atoms with Gasteiger partial charge in [-0.25, -0.2) is 0 Å². The molecule has 0 radical (unpaired) electrons. The van der Waals surface area contributed by atoms with Crippen LogP contribution in [0.3, 0.4) is 0 Å². The molecule has 4 rings (SSSR count). The second-order valence-electron chi connectivity index (χ2n) is 7.27. The normalized spacial score (nSPS) is 12.1. The Balaban J connectivity index is 1.80. The van der Waals surface area contributed by atoms with Gasteiger partial charge >= 0.3 is 11.8 Å². The quantitative estimate of drug-likeness (QED) is 0.153. The molecule has 0 unspecified atom stereocenters. The first-order chi connectivity index (χ1) is 16.8. The summed E-state index contributed by atoms with van der Waals surface area (Å²) < 4.78 is -1.09. The zero-order valence-electron chi connectivity index (χ0n) is 17.4. The molecular weight excluding hydrogens is 725 g/mol. The van der Waals surface area contributed by atoms with Crippen LogP contribution in [0.1, 0.15) is 21.0 Å². The van der Waals surface area contributed by atoms with Gasteiger partial charge in [0.2, 0.25) is 7.59 Å². The number of benzene rings is 2. The van der Waals surface area contributed by atoms with Crippen LogP contribution in [-0.4, -0.2) is 31.4 Å². The van der Waals surface area contributed by atoms with Gasteiger partial charge in [0.05, 0.1) is 22.8 Å². The molecule has 0 atom stereocenters. The summed E-state index contributed by atoms with van der Waals surface area (Å²) in [5.74, 6) is -2.36. The van der Waals surface area contributed by atoms with Gasteiger partial charge in [-0.1, -0.05) is 126 Å². The number of rotatable bonds is 2. The summed E-state index contributed by atoms with van der Waals surface area (Å²) in [5, 5.41) is 8.44. The van der Waals surface area contributed by atoms with Crippen LogP contribution >= 0.6 is 101 Å². The Bertz CT molecular complexity index is 1340. The van der Waals surface area contributed by atoms with E-state index >= 15 is 0 Å². The summed E-state index contributed by atoms with van der Waals surface area (Å²) in [6.45, 7) is 0. The molecule has 0 fully saturated rings. The van der Waals surface area contributed by atoms with Gasteiger partial charge in [0, 0.05) is 20.1 Å². The molecule has 0 N–H and O–H groups in total. The van der Waals surface area contributed by atoms with Crippen LogP contribution < -0.4 is 0 Å². The Labute approximate surface area is 251 Å². The van der Waals surface area contributed by atoms with Crippen molar-refractivity contribution in [3.8, 4) is 22.5 Å². The highest BCUT2D eigenvalue weighted by Gasteiger charge is 2.37. The summed E-state index contributed by atoms with van der Waals surface area (Å²) in [6.07, 6.45) is 0. The zero-order chi connectivity index (χ0) is 26.4. The minimum absolute atomic E-state index is 0.153. The van der Waals surface area contributed by atoms with Crippen molar-refractivity contribution >= 4 is 113 Å². The maximum atomic E-state index is 13.4. The van der Waals surface area contributed by atoms with Crippen molar-refractivity contribution in [3.05, 3.63) is 81.0 Å². The SMILES string of the molecule is O=C(C(=O)n1nc(-c2ccc(Br)cc2)cc1C(Cl)(Cl)Cl)n1nc(-c2ccc(Br)cc2)cc1C(Cl)(Cl)Cl. The van der Waals surface area contributed by atoms with E-state index in [1.165, 1.54) is 12.1 Å². The number of nitrogens with zero attached hydrogens (tertiary/aromatic N) is 4. The molecule has 4 aromatic rings. The van der Waals surface area contributed by atoms with Gasteiger partial charge in [0.1, 0.15) is 0 Å². The Morgan fingerprint density at radius 3 is 1.19 bits per heavy atom. The first-order valence-electron chi connectivity index (χ1n) is 9.71. The molecule has 2 aromatic carbocycles. The van der Waals surface area contributed by atoms with Crippen LogP contribution in [-0.2, 0) is 7.59 Å². The van der Waals surface area contributed by atoms with Gasteiger partial charge in [0.25, 0.3) is 0 Å². The summed E-state index contributed by atoms with van der Waals surface area (Å²) in [7, 11) is 0. The fourth-order valence-electron chi connectivity index (χ4n) is 3.18. The predicted octanol–water partition coefficient (Wildman–Crippen LogP) is 8.57. The molecule has 0 bridgehead atoms. The van der Waals surface area contributed by atoms with Gasteiger partial charge < -0.3 is 0 Å². The fraction of sp³-hybridized carbons (Fsp3) is 0.0909. The van der Waals surface area contributed by atoms with Gasteiger partial charge in [-0.3, -0.25) is 9.59 Å². The molecule has 14 heteroatoms. The van der Waals surface area contributed by atoms with E-state index in [2.05, 4.69) is 42.1 Å². The average Bonchev–Trinajstić information content (AvgIpc) is 3.44. The summed E-state index contributed by atoms with van der Waals surface area (Å²) in [4.78, 5) is 26.7. The molecule has 0 spiro atoms. The lowest BCUT2D eigenvalue weighted by Crippen LogP contribution is -2.33. The van der Waals surface area contributed by atoms with E-state index in [1.807, 2.05) is 0 Å². The topological polar surface area (TPSA) is 69.8 Å². The van der Waals surface area contributed by atoms with Gasteiger partial charge in [0.15, 0.2) is 0 Å². The monoisotopic (exact) mass is 730 g/mol. The van der Waals surface area contributed by atoms with E-state index < -0.39 is 19.4 Å². The maximum Gasteiger partial charge on any atom is 0.338 e. The molecule has 0 aliphatic carbocycles. The minimum Gasteiger partial charge on any atom is -0.261 e. The molecule has 0 aliphatic heterocycles. The number of carbonyl (C=O) groups is 2. The predicted molar refractivity (Wildman–Crippen MR) is 150 cm³/mol. The van der Waals surface area contributed by atoms with Crippen molar-refractivity contribution in [2.24, 2.45) is 0 Å². The van der Waals surface area contributed by atoms with Crippen LogP contribution in [0.4, 0.5) is 0 Å². The second kappa shape index (κ2) is 10.6. The zero-order valence-corrected chi connectivity index (χ0v) is 25.1. The number of halogens is 8. The Morgan fingerprint density at radius 2 is 0.917 bits per heavy atom. The first kappa shape index (κ1) is 27.9.